The lowest BCUT2D eigenvalue weighted by Gasteiger charge is -2.26. The molecule has 1 aliphatic rings. The Balaban J connectivity index is 1.86. The summed E-state index contributed by atoms with van der Waals surface area (Å²) in [6, 6.07) is 5.74. The number of nitrogens with zero attached hydrogens (tertiary/aromatic N) is 4. The molecule has 0 amide bonds. The van der Waals surface area contributed by atoms with E-state index >= 15 is 0 Å². The molecule has 128 valence electrons. The van der Waals surface area contributed by atoms with Crippen LogP contribution in [0.25, 0.3) is 0 Å². The second kappa shape index (κ2) is 6.75. The first-order chi connectivity index (χ1) is 11.4. The Kier molecular flexibility index (Phi) is 4.69. The molecule has 0 saturated carbocycles. The van der Waals surface area contributed by atoms with Crippen LogP contribution in [-0.2, 0) is 14.8 Å². The van der Waals surface area contributed by atoms with E-state index in [-0.39, 0.29) is 16.8 Å². The summed E-state index contributed by atoms with van der Waals surface area (Å²) in [6.45, 7) is 2.26. The molecular weight excluding hydrogens is 356 g/mol. The minimum absolute atomic E-state index is 0.0406. The summed E-state index contributed by atoms with van der Waals surface area (Å²) < 4.78 is 32.3. The number of hydrogen-bond acceptors (Lipinski definition) is 8. The van der Waals surface area contributed by atoms with Crippen molar-refractivity contribution in [2.45, 2.75) is 4.90 Å². The summed E-state index contributed by atoms with van der Waals surface area (Å²) in [4.78, 5) is 13.9. The van der Waals surface area contributed by atoms with E-state index in [0.717, 1.165) is 0 Å². The van der Waals surface area contributed by atoms with Crippen molar-refractivity contribution in [1.29, 1.82) is 0 Å². The van der Waals surface area contributed by atoms with Crippen molar-refractivity contribution in [3.63, 3.8) is 0 Å². The maximum atomic E-state index is 12.4. The number of nitrogen functional groups attached to an aromatic ring is 1. The third-order valence-corrected chi connectivity index (χ3v) is 4.88. The molecule has 1 aromatic carbocycles. The number of sulfonamides is 1. The number of morpholine rings is 1. The number of nitrogens with one attached hydrogen (secondary N) is 1. The Labute approximate surface area is 143 Å². The predicted octanol–water partition coefficient (Wildman–Crippen LogP) is 0.745. The van der Waals surface area contributed by atoms with Crippen molar-refractivity contribution in [2.24, 2.45) is 0 Å². The second-order valence-electron chi connectivity index (χ2n) is 4.98. The lowest BCUT2D eigenvalue weighted by atomic mass is 10.4. The van der Waals surface area contributed by atoms with Gasteiger partial charge >= 0.3 is 0 Å². The smallest absolute Gasteiger partial charge is 0.264 e. The van der Waals surface area contributed by atoms with Crippen molar-refractivity contribution in [3.05, 3.63) is 29.3 Å². The molecule has 3 rings (SSSR count). The van der Waals surface area contributed by atoms with E-state index in [1.54, 1.807) is 0 Å². The number of ether oxygens (including phenoxy) is 1. The van der Waals surface area contributed by atoms with Gasteiger partial charge in [0.1, 0.15) is 0 Å². The van der Waals surface area contributed by atoms with Gasteiger partial charge in [-0.05, 0) is 24.3 Å². The van der Waals surface area contributed by atoms with Crippen LogP contribution >= 0.6 is 11.6 Å². The second-order valence-corrected chi connectivity index (χ2v) is 7.09. The van der Waals surface area contributed by atoms with E-state index in [1.807, 2.05) is 4.90 Å². The van der Waals surface area contributed by atoms with Gasteiger partial charge in [0.25, 0.3) is 10.0 Å². The van der Waals surface area contributed by atoms with Gasteiger partial charge in [-0.1, -0.05) is 11.6 Å². The first-order valence-corrected chi connectivity index (χ1v) is 8.93. The number of benzene rings is 1. The molecule has 2 aromatic rings. The van der Waals surface area contributed by atoms with E-state index in [4.69, 9.17) is 22.1 Å². The maximum absolute atomic E-state index is 12.4. The number of nitrogens with two attached hydrogens (primary N) is 1. The minimum atomic E-state index is -3.85. The molecule has 3 N–H and O–H groups in total. The first-order valence-electron chi connectivity index (χ1n) is 7.07. The van der Waals surface area contributed by atoms with E-state index in [9.17, 15) is 8.42 Å². The Morgan fingerprint density at radius 3 is 2.46 bits per heavy atom. The topological polar surface area (TPSA) is 123 Å². The van der Waals surface area contributed by atoms with Crippen LogP contribution in [0.2, 0.25) is 5.02 Å². The van der Waals surface area contributed by atoms with Gasteiger partial charge in [0.15, 0.2) is 0 Å². The van der Waals surface area contributed by atoms with Gasteiger partial charge in [0.05, 0.1) is 18.1 Å². The summed E-state index contributed by atoms with van der Waals surface area (Å²) >= 11 is 5.77. The summed E-state index contributed by atoms with van der Waals surface area (Å²) in [7, 11) is -3.85. The number of hydrogen-bond donors (Lipinski definition) is 2. The van der Waals surface area contributed by atoms with Crippen LogP contribution in [0.1, 0.15) is 0 Å². The van der Waals surface area contributed by atoms with Gasteiger partial charge < -0.3 is 15.4 Å². The molecule has 0 spiro atoms. The van der Waals surface area contributed by atoms with Crippen LogP contribution < -0.4 is 15.4 Å². The van der Waals surface area contributed by atoms with E-state index < -0.39 is 10.0 Å². The van der Waals surface area contributed by atoms with Crippen LogP contribution in [0.3, 0.4) is 0 Å². The molecule has 2 heterocycles. The molecule has 9 nitrogen and oxygen atoms in total. The molecule has 1 aliphatic heterocycles. The lowest BCUT2D eigenvalue weighted by Crippen LogP contribution is -2.37. The SMILES string of the molecule is Nc1nc(NS(=O)(=O)c2ccc(Cl)cc2)nc(N2CCOCC2)n1. The summed E-state index contributed by atoms with van der Waals surface area (Å²) in [5.41, 5.74) is 5.67. The van der Waals surface area contributed by atoms with Gasteiger partial charge in [-0.25, -0.2) is 13.1 Å². The Morgan fingerprint density at radius 2 is 1.79 bits per heavy atom. The van der Waals surface area contributed by atoms with Gasteiger partial charge in [-0.2, -0.15) is 15.0 Å². The summed E-state index contributed by atoms with van der Waals surface area (Å²) in [5, 5.41) is 0.438. The Hall–Kier alpha value is -2.17. The van der Waals surface area contributed by atoms with Gasteiger partial charge in [-0.3, -0.25) is 0 Å². The van der Waals surface area contributed by atoms with Crippen molar-refractivity contribution >= 4 is 39.5 Å². The van der Waals surface area contributed by atoms with Gasteiger partial charge in [-0.15, -0.1) is 0 Å². The molecular formula is C13H15ClN6O3S. The highest BCUT2D eigenvalue weighted by Crippen LogP contribution is 2.18. The standard InChI is InChI=1S/C13H15ClN6O3S/c14-9-1-3-10(4-2-9)24(21,22)19-12-16-11(15)17-13(18-12)20-5-7-23-8-6-20/h1-4H,5-8H2,(H3,15,16,17,18,19). The maximum Gasteiger partial charge on any atom is 0.264 e. The Bertz CT molecular complexity index is 824. The van der Waals surface area contributed by atoms with Crippen LogP contribution in [0.15, 0.2) is 29.2 Å². The van der Waals surface area contributed by atoms with E-state index in [1.165, 1.54) is 24.3 Å². The van der Waals surface area contributed by atoms with Crippen LogP contribution in [-0.4, -0.2) is 49.7 Å². The zero-order valence-electron chi connectivity index (χ0n) is 12.5. The summed E-state index contributed by atoms with van der Waals surface area (Å²) in [6.07, 6.45) is 0. The lowest BCUT2D eigenvalue weighted by molar-refractivity contribution is 0.122. The number of halogens is 1. The van der Waals surface area contributed by atoms with E-state index in [2.05, 4.69) is 19.7 Å². The van der Waals surface area contributed by atoms with Crippen LogP contribution in [0.4, 0.5) is 17.8 Å². The average Bonchev–Trinajstić information content (AvgIpc) is 2.55. The minimum Gasteiger partial charge on any atom is -0.378 e. The molecule has 1 aromatic heterocycles. The van der Waals surface area contributed by atoms with Crippen LogP contribution in [0.5, 0.6) is 0 Å². The predicted molar refractivity (Wildman–Crippen MR) is 89.5 cm³/mol. The fourth-order valence-corrected chi connectivity index (χ4v) is 3.19. The van der Waals surface area contributed by atoms with Crippen molar-refractivity contribution in [2.75, 3.05) is 41.7 Å². The highest BCUT2D eigenvalue weighted by atomic mass is 35.5. The highest BCUT2D eigenvalue weighted by Gasteiger charge is 2.19. The Morgan fingerprint density at radius 1 is 1.12 bits per heavy atom. The van der Waals surface area contributed by atoms with Crippen molar-refractivity contribution in [3.8, 4) is 0 Å². The van der Waals surface area contributed by atoms with E-state index in [0.29, 0.717) is 37.3 Å². The quantitative estimate of drug-likeness (QED) is 0.807. The molecule has 0 bridgehead atoms. The fraction of sp³-hybridized carbons (Fsp3) is 0.308. The van der Waals surface area contributed by atoms with Gasteiger partial charge in [0.2, 0.25) is 17.8 Å². The fourth-order valence-electron chi connectivity index (χ4n) is 2.12. The zero-order chi connectivity index (χ0) is 17.2. The van der Waals surface area contributed by atoms with Crippen molar-refractivity contribution in [1.82, 2.24) is 15.0 Å². The normalized spacial score (nSPS) is 15.3. The molecule has 0 radical (unpaired) electrons. The molecule has 0 unspecified atom stereocenters. The molecule has 0 atom stereocenters. The van der Waals surface area contributed by atoms with Crippen LogP contribution in [0, 0.1) is 0 Å². The molecule has 0 aliphatic carbocycles. The molecule has 1 saturated heterocycles. The molecule has 24 heavy (non-hydrogen) atoms. The average molecular weight is 371 g/mol. The largest absolute Gasteiger partial charge is 0.378 e. The zero-order valence-corrected chi connectivity index (χ0v) is 14.1. The summed E-state index contributed by atoms with van der Waals surface area (Å²) in [5.74, 6) is 0.0962. The highest BCUT2D eigenvalue weighted by molar-refractivity contribution is 7.92. The van der Waals surface area contributed by atoms with Gasteiger partial charge in [0, 0.05) is 18.1 Å². The number of rotatable bonds is 4. The third-order valence-electron chi connectivity index (χ3n) is 3.28. The number of anilines is 3. The van der Waals surface area contributed by atoms with Crippen molar-refractivity contribution < 1.29 is 13.2 Å². The monoisotopic (exact) mass is 370 g/mol. The molecule has 1 fully saturated rings. The third kappa shape index (κ3) is 3.83. The molecule has 11 heteroatoms. The number of aromatic nitrogens is 3. The first kappa shape index (κ1) is 16.7.